The molecule has 0 aliphatic heterocycles. The molecule has 8 heteroatoms. The summed E-state index contributed by atoms with van der Waals surface area (Å²) in [6.07, 6.45) is 2.99. The number of fused-ring (bicyclic) bond motifs is 1. The van der Waals surface area contributed by atoms with Crippen LogP contribution in [0.1, 0.15) is 0 Å². The minimum atomic E-state index is -0.294. The van der Waals surface area contributed by atoms with Gasteiger partial charge in [-0.15, -0.1) is 0 Å². The molecule has 0 saturated heterocycles. The number of benzene rings is 2. The molecule has 2 aromatic carbocycles. The lowest BCUT2D eigenvalue weighted by Crippen LogP contribution is -2.07. The van der Waals surface area contributed by atoms with Crippen LogP contribution >= 0.6 is 0 Å². The highest BCUT2D eigenvalue weighted by atomic mass is 16.5. The quantitative estimate of drug-likeness (QED) is 0.336. The normalized spacial score (nSPS) is 10.4. The van der Waals surface area contributed by atoms with Crippen LogP contribution in [-0.2, 0) is 4.79 Å². The molecule has 2 aromatic heterocycles. The number of nitrogens with zero attached hydrogens (tertiary/aromatic N) is 2. The van der Waals surface area contributed by atoms with E-state index in [1.165, 1.54) is 6.08 Å². The van der Waals surface area contributed by atoms with Crippen LogP contribution in [0.15, 0.2) is 73.4 Å². The molecular formula is C22H20N6O2. The molecule has 30 heavy (non-hydrogen) atoms. The van der Waals surface area contributed by atoms with Gasteiger partial charge in [0.25, 0.3) is 0 Å². The van der Waals surface area contributed by atoms with Crippen molar-refractivity contribution in [2.24, 2.45) is 0 Å². The van der Waals surface area contributed by atoms with Gasteiger partial charge in [0.05, 0.1) is 5.39 Å². The smallest absolute Gasteiger partial charge is 0.247 e. The van der Waals surface area contributed by atoms with E-state index in [0.717, 1.165) is 16.8 Å². The number of carbonyl (C=O) groups is 1. The van der Waals surface area contributed by atoms with Crippen LogP contribution in [0.25, 0.3) is 11.0 Å². The molecule has 8 nitrogen and oxygen atoms in total. The molecule has 0 radical (unpaired) electrons. The molecule has 0 atom stereocenters. The van der Waals surface area contributed by atoms with E-state index in [1.54, 1.807) is 30.5 Å². The molecule has 150 valence electrons. The number of aromatic amines is 1. The van der Waals surface area contributed by atoms with Crippen LogP contribution in [0.2, 0.25) is 0 Å². The monoisotopic (exact) mass is 400 g/mol. The van der Waals surface area contributed by atoms with Crippen molar-refractivity contribution in [1.29, 1.82) is 0 Å². The second kappa shape index (κ2) is 8.36. The SMILES string of the molecule is C=CC(=O)Nc1cccc(Oc2nc(Nc3ccc(NC)cc3)nc3[nH]ccc23)c1. The molecule has 2 heterocycles. The van der Waals surface area contributed by atoms with Crippen LogP contribution < -0.4 is 20.7 Å². The number of hydrogen-bond donors (Lipinski definition) is 4. The standard InChI is InChI=1S/C22H20N6O2/c1-3-19(29)25-16-5-4-6-17(13-16)30-21-18-11-12-24-20(18)27-22(28-21)26-15-9-7-14(23-2)8-10-15/h3-13,23H,1H2,2H3,(H,25,29)(H2,24,26,27,28). The molecule has 1 amide bonds. The first-order valence-electron chi connectivity index (χ1n) is 9.26. The minimum Gasteiger partial charge on any atom is -0.438 e. The average molecular weight is 400 g/mol. The summed E-state index contributed by atoms with van der Waals surface area (Å²) in [5.74, 6) is 1.02. The Bertz CT molecular complexity index is 1200. The predicted molar refractivity (Wildman–Crippen MR) is 119 cm³/mol. The Morgan fingerprint density at radius 3 is 2.63 bits per heavy atom. The molecule has 0 aliphatic carbocycles. The molecule has 4 N–H and O–H groups in total. The van der Waals surface area contributed by atoms with Gasteiger partial charge in [0.2, 0.25) is 17.7 Å². The molecule has 0 aliphatic rings. The van der Waals surface area contributed by atoms with Gasteiger partial charge in [0.15, 0.2) is 0 Å². The van der Waals surface area contributed by atoms with Gasteiger partial charge >= 0.3 is 0 Å². The summed E-state index contributed by atoms with van der Waals surface area (Å²) in [7, 11) is 1.87. The van der Waals surface area contributed by atoms with Gasteiger partial charge in [-0.1, -0.05) is 12.6 Å². The number of amides is 1. The molecule has 0 saturated carbocycles. The Morgan fingerprint density at radius 1 is 1.07 bits per heavy atom. The summed E-state index contributed by atoms with van der Waals surface area (Å²) < 4.78 is 6.02. The number of nitrogens with one attached hydrogen (secondary N) is 4. The molecule has 0 spiro atoms. The number of carbonyl (C=O) groups excluding carboxylic acids is 1. The van der Waals surface area contributed by atoms with E-state index in [2.05, 4.69) is 37.5 Å². The maximum atomic E-state index is 11.5. The van der Waals surface area contributed by atoms with E-state index in [0.29, 0.717) is 28.9 Å². The van der Waals surface area contributed by atoms with Gasteiger partial charge in [-0.25, -0.2) is 0 Å². The topological polar surface area (TPSA) is 104 Å². The van der Waals surface area contributed by atoms with E-state index in [9.17, 15) is 4.79 Å². The number of ether oxygens (including phenoxy) is 1. The van der Waals surface area contributed by atoms with Crippen LogP contribution in [0.5, 0.6) is 11.6 Å². The Morgan fingerprint density at radius 2 is 1.87 bits per heavy atom. The van der Waals surface area contributed by atoms with Crippen LogP contribution in [0.3, 0.4) is 0 Å². The highest BCUT2D eigenvalue weighted by Crippen LogP contribution is 2.30. The third-order valence-electron chi connectivity index (χ3n) is 4.31. The average Bonchev–Trinajstić information content (AvgIpc) is 3.23. The zero-order valence-electron chi connectivity index (χ0n) is 16.3. The lowest BCUT2D eigenvalue weighted by molar-refractivity contribution is -0.111. The minimum absolute atomic E-state index is 0.294. The first-order valence-corrected chi connectivity index (χ1v) is 9.26. The Labute approximate surface area is 173 Å². The summed E-state index contributed by atoms with van der Waals surface area (Å²) in [6.45, 7) is 3.45. The van der Waals surface area contributed by atoms with E-state index >= 15 is 0 Å². The highest BCUT2D eigenvalue weighted by Gasteiger charge is 2.12. The number of H-pyrrole nitrogens is 1. The summed E-state index contributed by atoms with van der Waals surface area (Å²) in [4.78, 5) is 23.7. The third kappa shape index (κ3) is 4.22. The van der Waals surface area contributed by atoms with Crippen LogP contribution in [-0.4, -0.2) is 27.9 Å². The Kier molecular flexibility index (Phi) is 5.29. The van der Waals surface area contributed by atoms with Crippen molar-refractivity contribution in [2.75, 3.05) is 23.0 Å². The Hall–Kier alpha value is -4.33. The summed E-state index contributed by atoms with van der Waals surface area (Å²) >= 11 is 0. The number of hydrogen-bond acceptors (Lipinski definition) is 6. The zero-order valence-corrected chi connectivity index (χ0v) is 16.3. The lowest BCUT2D eigenvalue weighted by Gasteiger charge is -2.11. The molecule has 0 fully saturated rings. The van der Waals surface area contributed by atoms with E-state index < -0.39 is 0 Å². The molecule has 4 rings (SSSR count). The van der Waals surface area contributed by atoms with Crippen molar-refractivity contribution in [3.63, 3.8) is 0 Å². The summed E-state index contributed by atoms with van der Waals surface area (Å²) in [5.41, 5.74) is 3.10. The van der Waals surface area contributed by atoms with Gasteiger partial charge in [-0.3, -0.25) is 4.79 Å². The number of anilines is 4. The maximum absolute atomic E-state index is 11.5. The molecule has 0 unspecified atom stereocenters. The molecular weight excluding hydrogens is 380 g/mol. The van der Waals surface area contributed by atoms with Crippen LogP contribution in [0.4, 0.5) is 23.0 Å². The van der Waals surface area contributed by atoms with E-state index in [4.69, 9.17) is 4.74 Å². The first-order chi connectivity index (χ1) is 14.6. The van der Waals surface area contributed by atoms with E-state index in [1.807, 2.05) is 37.4 Å². The van der Waals surface area contributed by atoms with Crippen molar-refractivity contribution < 1.29 is 9.53 Å². The highest BCUT2D eigenvalue weighted by molar-refractivity contribution is 5.99. The van der Waals surface area contributed by atoms with Crippen molar-refractivity contribution >= 4 is 40.0 Å². The van der Waals surface area contributed by atoms with Crippen molar-refractivity contribution in [3.05, 3.63) is 73.4 Å². The molecule has 4 aromatic rings. The van der Waals surface area contributed by atoms with Gasteiger partial charge in [0, 0.05) is 36.4 Å². The summed E-state index contributed by atoms with van der Waals surface area (Å²) in [5, 5.41) is 9.72. The number of rotatable bonds is 7. The van der Waals surface area contributed by atoms with Crippen molar-refractivity contribution in [1.82, 2.24) is 15.0 Å². The second-order valence-corrected chi connectivity index (χ2v) is 6.37. The maximum Gasteiger partial charge on any atom is 0.247 e. The fraction of sp³-hybridized carbons (Fsp3) is 0.0455. The fourth-order valence-corrected chi connectivity index (χ4v) is 2.84. The number of aromatic nitrogens is 3. The van der Waals surface area contributed by atoms with E-state index in [-0.39, 0.29) is 5.91 Å². The van der Waals surface area contributed by atoms with Gasteiger partial charge < -0.3 is 25.7 Å². The second-order valence-electron chi connectivity index (χ2n) is 6.37. The van der Waals surface area contributed by atoms with Crippen molar-refractivity contribution in [2.45, 2.75) is 0 Å². The first kappa shape index (κ1) is 19.0. The lowest BCUT2D eigenvalue weighted by atomic mass is 10.3. The largest absolute Gasteiger partial charge is 0.438 e. The van der Waals surface area contributed by atoms with Crippen molar-refractivity contribution in [3.8, 4) is 11.6 Å². The van der Waals surface area contributed by atoms with Gasteiger partial charge in [0.1, 0.15) is 11.4 Å². The fourth-order valence-electron chi connectivity index (χ4n) is 2.84. The zero-order chi connectivity index (χ0) is 20.9. The van der Waals surface area contributed by atoms with Gasteiger partial charge in [-0.05, 0) is 48.5 Å². The Balaban J connectivity index is 1.62. The third-order valence-corrected chi connectivity index (χ3v) is 4.31. The van der Waals surface area contributed by atoms with Gasteiger partial charge in [-0.2, -0.15) is 9.97 Å². The summed E-state index contributed by atoms with van der Waals surface area (Å²) in [6, 6.07) is 16.7. The predicted octanol–water partition coefficient (Wildman–Crippen LogP) is 4.66. The molecule has 0 bridgehead atoms. The van der Waals surface area contributed by atoms with Crippen LogP contribution in [0, 0.1) is 0 Å².